The fourth-order valence-electron chi connectivity index (χ4n) is 3.13. The molecule has 0 unspecified atom stereocenters. The van der Waals surface area contributed by atoms with Crippen molar-refractivity contribution < 1.29 is 66.4 Å². The Balaban J connectivity index is 3.09. The summed E-state index contributed by atoms with van der Waals surface area (Å²) in [4.78, 5) is 11.6. The van der Waals surface area contributed by atoms with Crippen molar-refractivity contribution in [3.05, 3.63) is 12.7 Å². The molecule has 14 nitrogen and oxygen atoms in total. The molecule has 0 aromatic heterocycles. The van der Waals surface area contributed by atoms with Gasteiger partial charge in [0, 0.05) is 0 Å². The average Bonchev–Trinajstić information content (AvgIpc) is 3.01. The predicted molar refractivity (Wildman–Crippen MR) is 170 cm³/mol. The molecule has 0 saturated heterocycles. The average molecular weight is 671 g/mol. The largest absolute Gasteiger partial charge is 0.460 e. The van der Waals surface area contributed by atoms with Crippen LogP contribution in [0, 0.1) is 0 Å². The van der Waals surface area contributed by atoms with Gasteiger partial charge in [0.15, 0.2) is 0 Å². The molecule has 0 amide bonds. The molecule has 0 rings (SSSR count). The molecule has 0 N–H and O–H groups in total. The van der Waals surface area contributed by atoms with E-state index < -0.39 is 5.60 Å². The molecule has 0 fully saturated rings. The molecular weight excluding hydrogens is 608 g/mol. The molecule has 0 saturated carbocycles. The van der Waals surface area contributed by atoms with E-state index in [1.807, 2.05) is 20.8 Å². The monoisotopic (exact) mass is 670 g/mol. The van der Waals surface area contributed by atoms with Crippen molar-refractivity contribution in [2.75, 3.05) is 159 Å². The van der Waals surface area contributed by atoms with E-state index in [9.17, 15) is 4.79 Å². The van der Waals surface area contributed by atoms with E-state index in [-0.39, 0.29) is 12.4 Å². The Morgan fingerprint density at radius 2 is 0.630 bits per heavy atom. The Morgan fingerprint density at radius 3 is 0.848 bits per heavy atom. The number of hydrogen-bond acceptors (Lipinski definition) is 14. The Labute approximate surface area is 276 Å². The summed E-state index contributed by atoms with van der Waals surface area (Å²) in [5.41, 5.74) is -0.474. The first-order chi connectivity index (χ1) is 22.5. The maximum absolute atomic E-state index is 11.6. The lowest BCUT2D eigenvalue weighted by Gasteiger charge is -2.19. The summed E-state index contributed by atoms with van der Waals surface area (Å²) in [7, 11) is 0. The second-order valence-corrected chi connectivity index (χ2v) is 10.4. The predicted octanol–water partition coefficient (Wildman–Crippen LogP) is 2.10. The van der Waals surface area contributed by atoms with Crippen molar-refractivity contribution in [1.29, 1.82) is 0 Å². The highest BCUT2D eigenvalue weighted by atomic mass is 16.6. The topological polar surface area (TPSA) is 137 Å². The smallest absolute Gasteiger partial charge is 0.308 e. The van der Waals surface area contributed by atoms with Gasteiger partial charge in [0.25, 0.3) is 0 Å². The second kappa shape index (κ2) is 36.6. The van der Waals surface area contributed by atoms with Gasteiger partial charge >= 0.3 is 5.97 Å². The Bertz CT molecular complexity index is 632. The van der Waals surface area contributed by atoms with Crippen molar-refractivity contribution >= 4 is 5.97 Å². The lowest BCUT2D eigenvalue weighted by Crippen LogP contribution is -2.24. The standard InChI is InChI=1S/C32H62O14/c1-5-7-34-9-11-36-13-15-38-17-19-40-21-23-42-25-27-44-29-30-45-28-26-43-24-22-41-20-18-39-16-14-37-12-10-35-8-6-31(33)46-32(2,3)4/h5H,1,6-30H2,2-4H3. The van der Waals surface area contributed by atoms with Crippen LogP contribution in [-0.2, 0) is 66.4 Å². The number of ether oxygens (including phenoxy) is 13. The lowest BCUT2D eigenvalue weighted by molar-refractivity contribution is -0.156. The fourth-order valence-corrected chi connectivity index (χ4v) is 3.13. The van der Waals surface area contributed by atoms with Gasteiger partial charge < -0.3 is 61.6 Å². The molecule has 0 radical (unpaired) electrons. The van der Waals surface area contributed by atoms with Crippen LogP contribution in [0.3, 0.4) is 0 Å². The molecule has 0 aliphatic carbocycles. The molecule has 0 aromatic rings. The Morgan fingerprint density at radius 1 is 0.413 bits per heavy atom. The third-order valence-electron chi connectivity index (χ3n) is 5.20. The van der Waals surface area contributed by atoms with Crippen LogP contribution < -0.4 is 0 Å². The molecule has 0 atom stereocenters. The summed E-state index contributed by atoms with van der Waals surface area (Å²) in [6, 6.07) is 0. The zero-order chi connectivity index (χ0) is 33.7. The number of carbonyl (C=O) groups is 1. The second-order valence-electron chi connectivity index (χ2n) is 10.4. The van der Waals surface area contributed by atoms with Crippen LogP contribution in [0.15, 0.2) is 12.7 Å². The van der Waals surface area contributed by atoms with Crippen molar-refractivity contribution in [3.8, 4) is 0 Å². The van der Waals surface area contributed by atoms with Crippen molar-refractivity contribution in [3.63, 3.8) is 0 Å². The van der Waals surface area contributed by atoms with Gasteiger partial charge in [-0.25, -0.2) is 0 Å². The lowest BCUT2D eigenvalue weighted by atomic mass is 10.2. The summed E-state index contributed by atoms with van der Waals surface area (Å²) in [6.45, 7) is 20.9. The quantitative estimate of drug-likeness (QED) is 0.0539. The van der Waals surface area contributed by atoms with Gasteiger partial charge in [0.05, 0.1) is 165 Å². The van der Waals surface area contributed by atoms with Crippen LogP contribution >= 0.6 is 0 Å². The molecule has 0 aliphatic rings. The molecule has 0 aliphatic heterocycles. The summed E-state index contributed by atoms with van der Waals surface area (Å²) >= 11 is 0. The van der Waals surface area contributed by atoms with Crippen molar-refractivity contribution in [2.24, 2.45) is 0 Å². The third-order valence-corrected chi connectivity index (χ3v) is 5.20. The van der Waals surface area contributed by atoms with E-state index >= 15 is 0 Å². The van der Waals surface area contributed by atoms with Crippen LogP contribution in [-0.4, -0.2) is 170 Å². The van der Waals surface area contributed by atoms with Crippen LogP contribution in [0.1, 0.15) is 27.2 Å². The van der Waals surface area contributed by atoms with Gasteiger partial charge in [-0.3, -0.25) is 4.79 Å². The number of carbonyl (C=O) groups excluding carboxylic acids is 1. The minimum Gasteiger partial charge on any atom is -0.460 e. The van der Waals surface area contributed by atoms with E-state index in [0.29, 0.717) is 159 Å². The highest BCUT2D eigenvalue weighted by Crippen LogP contribution is 2.08. The van der Waals surface area contributed by atoms with Gasteiger partial charge in [-0.05, 0) is 20.8 Å². The van der Waals surface area contributed by atoms with Gasteiger partial charge in [0.2, 0.25) is 0 Å². The van der Waals surface area contributed by atoms with Crippen LogP contribution in [0.25, 0.3) is 0 Å². The fraction of sp³-hybridized carbons (Fsp3) is 0.906. The summed E-state index contributed by atoms with van der Waals surface area (Å²) in [5.74, 6) is -0.265. The van der Waals surface area contributed by atoms with Gasteiger partial charge in [-0.15, -0.1) is 6.58 Å². The van der Waals surface area contributed by atoms with E-state index in [4.69, 9.17) is 61.6 Å². The SMILES string of the molecule is C=CCOCCOCCOCCOCCOCCOCCOCCOCCOCCOCCOCCOCCC(=O)OC(C)(C)C. The Hall–Kier alpha value is -1.27. The number of esters is 1. The molecular formula is C32H62O14. The molecule has 0 spiro atoms. The Kier molecular flexibility index (Phi) is 35.6. The zero-order valence-corrected chi connectivity index (χ0v) is 28.7. The van der Waals surface area contributed by atoms with E-state index in [1.54, 1.807) is 6.08 Å². The van der Waals surface area contributed by atoms with Gasteiger partial charge in [-0.1, -0.05) is 6.08 Å². The summed E-state index contributed by atoms with van der Waals surface area (Å²) < 4.78 is 70.2. The maximum atomic E-state index is 11.6. The van der Waals surface area contributed by atoms with E-state index in [2.05, 4.69) is 6.58 Å². The minimum atomic E-state index is -0.474. The van der Waals surface area contributed by atoms with Crippen molar-refractivity contribution in [1.82, 2.24) is 0 Å². The number of hydrogen-bond donors (Lipinski definition) is 0. The number of rotatable bonds is 38. The molecule has 0 heterocycles. The first kappa shape index (κ1) is 44.7. The molecule has 14 heteroatoms. The highest BCUT2D eigenvalue weighted by Gasteiger charge is 2.15. The van der Waals surface area contributed by atoms with Crippen molar-refractivity contribution in [2.45, 2.75) is 32.8 Å². The van der Waals surface area contributed by atoms with Gasteiger partial charge in [0.1, 0.15) is 5.60 Å². The first-order valence-electron chi connectivity index (χ1n) is 16.2. The summed E-state index contributed by atoms with van der Waals surface area (Å²) in [5, 5.41) is 0. The van der Waals surface area contributed by atoms with E-state index in [1.165, 1.54) is 0 Å². The molecule has 0 aromatic carbocycles. The molecule has 46 heavy (non-hydrogen) atoms. The highest BCUT2D eigenvalue weighted by molar-refractivity contribution is 5.69. The third kappa shape index (κ3) is 40.8. The van der Waals surface area contributed by atoms with Crippen LogP contribution in [0.4, 0.5) is 0 Å². The molecule has 274 valence electrons. The van der Waals surface area contributed by atoms with Gasteiger partial charge in [-0.2, -0.15) is 0 Å². The van der Waals surface area contributed by atoms with E-state index in [0.717, 1.165) is 0 Å². The normalized spacial score (nSPS) is 11.7. The van der Waals surface area contributed by atoms with Crippen LogP contribution in [0.2, 0.25) is 0 Å². The zero-order valence-electron chi connectivity index (χ0n) is 28.7. The summed E-state index contributed by atoms with van der Waals surface area (Å²) in [6.07, 6.45) is 1.94. The van der Waals surface area contributed by atoms with Crippen LogP contribution in [0.5, 0.6) is 0 Å². The minimum absolute atomic E-state index is 0.232. The maximum Gasteiger partial charge on any atom is 0.308 e. The molecule has 0 bridgehead atoms. The first-order valence-corrected chi connectivity index (χ1v) is 16.2.